The van der Waals surface area contributed by atoms with E-state index in [1.807, 2.05) is 0 Å². The second-order valence-corrected chi connectivity index (χ2v) is 7.15. The molecule has 0 aromatic carbocycles. The van der Waals surface area contributed by atoms with E-state index in [1.54, 1.807) is 0 Å². The molecule has 1 rings (SSSR count). The first-order valence-electron chi connectivity index (χ1n) is 8.54. The molecule has 120 valence electrons. The molecule has 0 spiro atoms. The number of nitrogens with one attached hydrogen (secondary N) is 1. The van der Waals surface area contributed by atoms with Crippen molar-refractivity contribution in [3.63, 3.8) is 0 Å². The summed E-state index contributed by atoms with van der Waals surface area (Å²) in [6.07, 6.45) is 2.70. The van der Waals surface area contributed by atoms with Crippen LogP contribution in [0.3, 0.4) is 0 Å². The Morgan fingerprint density at radius 1 is 1.15 bits per heavy atom. The Morgan fingerprint density at radius 2 is 1.80 bits per heavy atom. The maximum absolute atomic E-state index is 3.76. The fraction of sp³-hybridized carbons (Fsp3) is 1.00. The van der Waals surface area contributed by atoms with Crippen LogP contribution in [0, 0.1) is 11.8 Å². The number of likely N-dealkylation sites (N-methyl/N-ethyl adjacent to an activating group) is 3. The summed E-state index contributed by atoms with van der Waals surface area (Å²) in [6, 6.07) is 1.96. The van der Waals surface area contributed by atoms with Gasteiger partial charge in [-0.2, -0.15) is 0 Å². The smallest absolute Gasteiger partial charge is 0.0278 e. The van der Waals surface area contributed by atoms with Crippen LogP contribution in [-0.2, 0) is 0 Å². The lowest BCUT2D eigenvalue weighted by molar-refractivity contribution is 0.0317. The molecule has 5 atom stereocenters. The lowest BCUT2D eigenvalue weighted by atomic mass is 9.75. The van der Waals surface area contributed by atoms with Crippen molar-refractivity contribution in [3.05, 3.63) is 0 Å². The highest BCUT2D eigenvalue weighted by molar-refractivity contribution is 4.95. The molecule has 1 aliphatic carbocycles. The SMILES string of the molecule is CCNC1CC(C)CC(C)C1N(CC)C(C)CN(C)C. The molecule has 3 heteroatoms. The Bertz CT molecular complexity index is 265. The highest BCUT2D eigenvalue weighted by atomic mass is 15.2. The summed E-state index contributed by atoms with van der Waals surface area (Å²) in [4.78, 5) is 5.05. The lowest BCUT2D eigenvalue weighted by Crippen LogP contribution is -2.59. The second-order valence-electron chi connectivity index (χ2n) is 7.15. The van der Waals surface area contributed by atoms with Crippen molar-refractivity contribution in [2.24, 2.45) is 11.8 Å². The van der Waals surface area contributed by atoms with E-state index in [4.69, 9.17) is 0 Å². The molecule has 1 N–H and O–H groups in total. The van der Waals surface area contributed by atoms with Crippen molar-refractivity contribution in [3.8, 4) is 0 Å². The zero-order valence-electron chi connectivity index (χ0n) is 14.8. The summed E-state index contributed by atoms with van der Waals surface area (Å²) in [7, 11) is 4.36. The Hall–Kier alpha value is -0.120. The molecule has 0 aromatic heterocycles. The fourth-order valence-electron chi connectivity index (χ4n) is 4.31. The van der Waals surface area contributed by atoms with Crippen LogP contribution in [0.4, 0.5) is 0 Å². The van der Waals surface area contributed by atoms with Crippen LogP contribution in [0.15, 0.2) is 0 Å². The van der Waals surface area contributed by atoms with Crippen LogP contribution in [-0.4, -0.2) is 61.7 Å². The lowest BCUT2D eigenvalue weighted by Gasteiger charge is -2.48. The molecular formula is C17H37N3. The average molecular weight is 284 g/mol. The van der Waals surface area contributed by atoms with Crippen molar-refractivity contribution in [1.82, 2.24) is 15.1 Å². The molecule has 0 saturated heterocycles. The van der Waals surface area contributed by atoms with Crippen LogP contribution in [0.25, 0.3) is 0 Å². The summed E-state index contributed by atoms with van der Waals surface area (Å²) in [5.41, 5.74) is 0. The van der Waals surface area contributed by atoms with Crippen LogP contribution in [0.1, 0.15) is 47.5 Å². The third-order valence-electron chi connectivity index (χ3n) is 4.84. The van der Waals surface area contributed by atoms with Gasteiger partial charge in [0, 0.05) is 24.7 Å². The molecule has 1 saturated carbocycles. The summed E-state index contributed by atoms with van der Waals surface area (Å²) in [5.74, 6) is 1.64. The van der Waals surface area contributed by atoms with Gasteiger partial charge in [-0.1, -0.05) is 27.7 Å². The van der Waals surface area contributed by atoms with E-state index >= 15 is 0 Å². The van der Waals surface area contributed by atoms with E-state index in [9.17, 15) is 0 Å². The zero-order valence-corrected chi connectivity index (χ0v) is 14.8. The minimum Gasteiger partial charge on any atom is -0.313 e. The predicted molar refractivity (Wildman–Crippen MR) is 89.2 cm³/mol. The van der Waals surface area contributed by atoms with Gasteiger partial charge in [0.25, 0.3) is 0 Å². The molecule has 5 unspecified atom stereocenters. The van der Waals surface area contributed by atoms with E-state index in [1.165, 1.54) is 12.8 Å². The van der Waals surface area contributed by atoms with E-state index in [2.05, 4.69) is 63.8 Å². The Kier molecular flexibility index (Phi) is 7.49. The van der Waals surface area contributed by atoms with Crippen molar-refractivity contribution in [2.45, 2.75) is 65.6 Å². The van der Waals surface area contributed by atoms with Gasteiger partial charge in [-0.15, -0.1) is 0 Å². The van der Waals surface area contributed by atoms with Gasteiger partial charge in [-0.25, -0.2) is 0 Å². The Balaban J connectivity index is 2.84. The van der Waals surface area contributed by atoms with Gasteiger partial charge in [0.05, 0.1) is 0 Å². The van der Waals surface area contributed by atoms with Crippen LogP contribution in [0.2, 0.25) is 0 Å². The monoisotopic (exact) mass is 283 g/mol. The third-order valence-corrected chi connectivity index (χ3v) is 4.84. The molecule has 3 nitrogen and oxygen atoms in total. The van der Waals surface area contributed by atoms with Crippen molar-refractivity contribution in [1.29, 1.82) is 0 Å². The van der Waals surface area contributed by atoms with E-state index in [0.717, 1.165) is 31.5 Å². The standard InChI is InChI=1S/C17H37N3/c1-8-18-16-11-13(3)10-14(4)17(16)20(9-2)15(5)12-19(6)7/h13-18H,8-12H2,1-7H3. The topological polar surface area (TPSA) is 18.5 Å². The quantitative estimate of drug-likeness (QED) is 0.775. The first kappa shape index (κ1) is 17.9. The molecule has 1 aliphatic rings. The van der Waals surface area contributed by atoms with Crippen molar-refractivity contribution in [2.75, 3.05) is 33.7 Å². The fourth-order valence-corrected chi connectivity index (χ4v) is 4.31. The van der Waals surface area contributed by atoms with Gasteiger partial charge >= 0.3 is 0 Å². The van der Waals surface area contributed by atoms with Crippen molar-refractivity contribution < 1.29 is 0 Å². The van der Waals surface area contributed by atoms with Crippen LogP contribution >= 0.6 is 0 Å². The maximum Gasteiger partial charge on any atom is 0.0278 e. The third kappa shape index (κ3) is 4.71. The zero-order chi connectivity index (χ0) is 15.3. The molecule has 0 amide bonds. The van der Waals surface area contributed by atoms with E-state index < -0.39 is 0 Å². The van der Waals surface area contributed by atoms with E-state index in [-0.39, 0.29) is 0 Å². The average Bonchev–Trinajstić information content (AvgIpc) is 2.32. The highest BCUT2D eigenvalue weighted by Gasteiger charge is 2.38. The Labute approximate surface area is 127 Å². The number of rotatable bonds is 7. The molecule has 0 heterocycles. The molecule has 0 aliphatic heterocycles. The minimum absolute atomic E-state index is 0.622. The molecule has 20 heavy (non-hydrogen) atoms. The van der Waals surface area contributed by atoms with Gasteiger partial charge < -0.3 is 10.2 Å². The number of hydrogen-bond acceptors (Lipinski definition) is 3. The summed E-state index contributed by atoms with van der Waals surface area (Å²) < 4.78 is 0. The van der Waals surface area contributed by atoms with Gasteiger partial charge in [0.2, 0.25) is 0 Å². The maximum atomic E-state index is 3.76. The largest absolute Gasteiger partial charge is 0.313 e. The van der Waals surface area contributed by atoms with Gasteiger partial charge in [0.1, 0.15) is 0 Å². The van der Waals surface area contributed by atoms with Crippen LogP contribution in [0.5, 0.6) is 0 Å². The molecule has 1 fully saturated rings. The van der Waals surface area contributed by atoms with Crippen molar-refractivity contribution >= 4 is 0 Å². The summed E-state index contributed by atoms with van der Waals surface area (Å²) >= 11 is 0. The summed E-state index contributed by atoms with van der Waals surface area (Å²) in [5, 5.41) is 3.76. The van der Waals surface area contributed by atoms with Gasteiger partial charge in [0.15, 0.2) is 0 Å². The first-order valence-corrected chi connectivity index (χ1v) is 8.54. The second kappa shape index (κ2) is 8.35. The number of hydrogen-bond donors (Lipinski definition) is 1. The van der Waals surface area contributed by atoms with E-state index in [0.29, 0.717) is 18.1 Å². The number of nitrogens with zero attached hydrogens (tertiary/aromatic N) is 2. The molecular weight excluding hydrogens is 246 g/mol. The molecule has 0 aromatic rings. The first-order chi connectivity index (χ1) is 9.40. The molecule has 0 radical (unpaired) electrons. The van der Waals surface area contributed by atoms with Gasteiger partial charge in [-0.3, -0.25) is 4.90 Å². The highest BCUT2D eigenvalue weighted by Crippen LogP contribution is 2.33. The van der Waals surface area contributed by atoms with Crippen LogP contribution < -0.4 is 5.32 Å². The normalized spacial score (nSPS) is 32.9. The Morgan fingerprint density at radius 3 is 2.30 bits per heavy atom. The summed E-state index contributed by atoms with van der Waals surface area (Å²) in [6.45, 7) is 15.2. The predicted octanol–water partition coefficient (Wildman–Crippen LogP) is 2.67. The minimum atomic E-state index is 0.622. The van der Waals surface area contributed by atoms with Gasteiger partial charge in [-0.05, 0) is 58.8 Å². The molecule has 0 bridgehead atoms.